The monoisotopic (exact) mass is 418 g/mol. The quantitative estimate of drug-likeness (QED) is 0.634. The van der Waals surface area contributed by atoms with E-state index < -0.39 is 12.1 Å². The van der Waals surface area contributed by atoms with Crippen LogP contribution in [0.15, 0.2) is 89.8 Å². The van der Waals surface area contributed by atoms with Gasteiger partial charge in [0, 0.05) is 10.1 Å². The molecule has 0 spiro atoms. The summed E-state index contributed by atoms with van der Waals surface area (Å²) >= 11 is 1.59. The molecule has 4 rings (SSSR count). The number of alkyl carbamates (subject to hydrolysis) is 1. The van der Waals surface area contributed by atoms with Gasteiger partial charge < -0.3 is 15.4 Å². The molecule has 2 atom stereocenters. The Kier molecular flexibility index (Phi) is 6.35. The van der Waals surface area contributed by atoms with Gasteiger partial charge in [-0.25, -0.2) is 4.79 Å². The molecular formula is C24H22N2O3S. The Morgan fingerprint density at radius 3 is 2.27 bits per heavy atom. The zero-order valence-corrected chi connectivity index (χ0v) is 17.1. The van der Waals surface area contributed by atoms with Gasteiger partial charge in [-0.15, -0.1) is 11.8 Å². The Bertz CT molecular complexity index is 1010. The second kappa shape index (κ2) is 9.50. The van der Waals surface area contributed by atoms with Crippen molar-refractivity contribution < 1.29 is 14.3 Å². The van der Waals surface area contributed by atoms with Gasteiger partial charge in [-0.3, -0.25) is 4.79 Å². The van der Waals surface area contributed by atoms with E-state index >= 15 is 0 Å². The number of rotatable bonds is 5. The summed E-state index contributed by atoms with van der Waals surface area (Å²) in [4.78, 5) is 26.5. The molecule has 152 valence electrons. The standard InChI is InChI=1S/C24H22N2O3S/c27-23-22(26-24(28)29-16-18-11-5-2-6-12-18)21(15-17-9-3-1-4-10-17)30-20-14-8-7-13-19(20)25-23/h1-14,21-22H,15-16H2,(H,25,27)(H,26,28). The number of ether oxygens (including phenoxy) is 1. The molecule has 3 aromatic carbocycles. The molecule has 0 saturated heterocycles. The summed E-state index contributed by atoms with van der Waals surface area (Å²) in [6.07, 6.45) is 0.0280. The molecule has 0 radical (unpaired) electrons. The van der Waals surface area contributed by atoms with Gasteiger partial charge in [-0.1, -0.05) is 72.8 Å². The highest BCUT2D eigenvalue weighted by Crippen LogP contribution is 2.36. The summed E-state index contributed by atoms with van der Waals surface area (Å²) in [7, 11) is 0. The molecule has 6 heteroatoms. The van der Waals surface area contributed by atoms with Crippen molar-refractivity contribution in [3.63, 3.8) is 0 Å². The summed E-state index contributed by atoms with van der Waals surface area (Å²) in [6.45, 7) is 0.151. The van der Waals surface area contributed by atoms with Crippen molar-refractivity contribution in [3.05, 3.63) is 96.1 Å². The van der Waals surface area contributed by atoms with Crippen molar-refractivity contribution in [1.82, 2.24) is 5.32 Å². The van der Waals surface area contributed by atoms with Crippen LogP contribution in [0.25, 0.3) is 0 Å². The van der Waals surface area contributed by atoms with E-state index in [-0.39, 0.29) is 17.8 Å². The molecule has 1 heterocycles. The summed E-state index contributed by atoms with van der Waals surface area (Å²) in [5, 5.41) is 5.55. The predicted molar refractivity (Wildman–Crippen MR) is 118 cm³/mol. The molecule has 5 nitrogen and oxygen atoms in total. The van der Waals surface area contributed by atoms with Crippen LogP contribution in [-0.2, 0) is 22.6 Å². The Morgan fingerprint density at radius 2 is 1.53 bits per heavy atom. The summed E-state index contributed by atoms with van der Waals surface area (Å²) in [5.74, 6) is -0.245. The summed E-state index contributed by atoms with van der Waals surface area (Å²) in [5.41, 5.74) is 2.75. The van der Waals surface area contributed by atoms with Crippen molar-refractivity contribution in [3.8, 4) is 0 Å². The lowest BCUT2D eigenvalue weighted by atomic mass is 10.0. The predicted octanol–water partition coefficient (Wildman–Crippen LogP) is 4.64. The first-order valence-corrected chi connectivity index (χ1v) is 10.6. The van der Waals surface area contributed by atoms with E-state index in [1.54, 1.807) is 11.8 Å². The highest BCUT2D eigenvalue weighted by atomic mass is 32.2. The molecule has 2 unspecified atom stereocenters. The van der Waals surface area contributed by atoms with Crippen LogP contribution in [0.2, 0.25) is 0 Å². The van der Waals surface area contributed by atoms with Crippen LogP contribution in [0.1, 0.15) is 11.1 Å². The fourth-order valence-electron chi connectivity index (χ4n) is 3.34. The maximum absolute atomic E-state index is 13.0. The number of thioether (sulfide) groups is 1. The van der Waals surface area contributed by atoms with Gasteiger partial charge in [0.2, 0.25) is 5.91 Å². The fraction of sp³-hybridized carbons (Fsp3) is 0.167. The van der Waals surface area contributed by atoms with Crippen molar-refractivity contribution in [2.45, 2.75) is 29.2 Å². The van der Waals surface area contributed by atoms with Crippen LogP contribution in [0.5, 0.6) is 0 Å². The number of hydrogen-bond acceptors (Lipinski definition) is 4. The van der Waals surface area contributed by atoms with Crippen LogP contribution >= 0.6 is 11.8 Å². The molecule has 2 N–H and O–H groups in total. The maximum atomic E-state index is 13.0. The van der Waals surface area contributed by atoms with Crippen LogP contribution in [0.3, 0.4) is 0 Å². The van der Waals surface area contributed by atoms with Crippen LogP contribution in [-0.4, -0.2) is 23.3 Å². The average molecular weight is 419 g/mol. The molecule has 0 bridgehead atoms. The van der Waals surface area contributed by atoms with Gasteiger partial charge >= 0.3 is 6.09 Å². The number of para-hydroxylation sites is 1. The molecule has 0 aromatic heterocycles. The van der Waals surface area contributed by atoms with Crippen molar-refractivity contribution >= 4 is 29.4 Å². The van der Waals surface area contributed by atoms with Gasteiger partial charge in [-0.2, -0.15) is 0 Å². The SMILES string of the molecule is O=C(NC1C(=O)Nc2ccccc2SC1Cc1ccccc1)OCc1ccccc1. The molecule has 1 aliphatic rings. The number of carbonyl (C=O) groups excluding carboxylic acids is 2. The first-order valence-electron chi connectivity index (χ1n) is 9.77. The highest BCUT2D eigenvalue weighted by molar-refractivity contribution is 8.00. The Balaban J connectivity index is 1.51. The third kappa shape index (κ3) is 5.02. The zero-order valence-electron chi connectivity index (χ0n) is 16.3. The molecule has 3 aromatic rings. The van der Waals surface area contributed by atoms with Crippen molar-refractivity contribution in [2.24, 2.45) is 0 Å². The lowest BCUT2D eigenvalue weighted by Crippen LogP contribution is -2.50. The number of nitrogens with one attached hydrogen (secondary N) is 2. The van der Waals surface area contributed by atoms with Gasteiger partial charge in [0.25, 0.3) is 0 Å². The number of carbonyl (C=O) groups is 2. The number of benzene rings is 3. The van der Waals surface area contributed by atoms with Crippen molar-refractivity contribution in [2.75, 3.05) is 5.32 Å². The normalized spacial score (nSPS) is 17.9. The van der Waals surface area contributed by atoms with Crippen LogP contribution in [0, 0.1) is 0 Å². The second-order valence-electron chi connectivity index (χ2n) is 7.02. The van der Waals surface area contributed by atoms with Crippen LogP contribution < -0.4 is 10.6 Å². The minimum Gasteiger partial charge on any atom is -0.445 e. The molecule has 0 fully saturated rings. The first kappa shape index (κ1) is 20.0. The molecule has 1 aliphatic heterocycles. The van der Waals surface area contributed by atoms with Gasteiger partial charge in [0.1, 0.15) is 12.6 Å². The molecular weight excluding hydrogens is 396 g/mol. The lowest BCUT2D eigenvalue weighted by molar-refractivity contribution is -0.118. The number of amides is 2. The van der Waals surface area contributed by atoms with Crippen LogP contribution in [0.4, 0.5) is 10.5 Å². The van der Waals surface area contributed by atoms with Gasteiger partial charge in [0.05, 0.1) is 5.69 Å². The summed E-state index contributed by atoms with van der Waals surface area (Å²) in [6, 6.07) is 26.4. The van der Waals surface area contributed by atoms with Crippen molar-refractivity contribution in [1.29, 1.82) is 0 Å². The highest BCUT2D eigenvalue weighted by Gasteiger charge is 2.34. The molecule has 30 heavy (non-hydrogen) atoms. The van der Waals surface area contributed by atoms with Gasteiger partial charge in [0.15, 0.2) is 0 Å². The van der Waals surface area contributed by atoms with E-state index in [9.17, 15) is 9.59 Å². The minimum absolute atomic E-state index is 0.151. The van der Waals surface area contributed by atoms with E-state index in [1.807, 2.05) is 84.9 Å². The lowest BCUT2D eigenvalue weighted by Gasteiger charge is -2.24. The third-order valence-electron chi connectivity index (χ3n) is 4.84. The summed E-state index contributed by atoms with van der Waals surface area (Å²) < 4.78 is 5.36. The third-order valence-corrected chi connectivity index (χ3v) is 6.19. The number of fused-ring (bicyclic) bond motifs is 1. The van der Waals surface area contributed by atoms with Gasteiger partial charge in [-0.05, 0) is 29.7 Å². The van der Waals surface area contributed by atoms with E-state index in [1.165, 1.54) is 0 Å². The average Bonchev–Trinajstić information content (AvgIpc) is 2.90. The van der Waals surface area contributed by atoms with E-state index in [0.29, 0.717) is 6.42 Å². The zero-order chi connectivity index (χ0) is 20.8. The largest absolute Gasteiger partial charge is 0.445 e. The topological polar surface area (TPSA) is 67.4 Å². The Labute approximate surface area is 179 Å². The molecule has 2 amide bonds. The Morgan fingerprint density at radius 1 is 0.900 bits per heavy atom. The Hall–Kier alpha value is -3.25. The maximum Gasteiger partial charge on any atom is 0.408 e. The second-order valence-corrected chi connectivity index (χ2v) is 8.30. The molecule has 0 saturated carbocycles. The number of hydrogen-bond donors (Lipinski definition) is 2. The van der Waals surface area contributed by atoms with E-state index in [0.717, 1.165) is 21.7 Å². The fourth-order valence-corrected chi connectivity index (χ4v) is 4.67. The molecule has 0 aliphatic carbocycles. The smallest absolute Gasteiger partial charge is 0.408 e. The first-order chi connectivity index (χ1) is 14.7. The number of anilines is 1. The van der Waals surface area contributed by atoms with E-state index in [4.69, 9.17) is 4.74 Å². The van der Waals surface area contributed by atoms with E-state index in [2.05, 4.69) is 10.6 Å². The minimum atomic E-state index is -0.731.